The number of hydrogen-bond acceptors (Lipinski definition) is 3. The summed E-state index contributed by atoms with van der Waals surface area (Å²) < 4.78 is 0. The molecule has 0 saturated carbocycles. The minimum atomic E-state index is 0.752. The molecule has 0 aromatic heterocycles. The maximum Gasteiger partial charge on any atom is 0.0263 e. The highest BCUT2D eigenvalue weighted by Crippen LogP contribution is 2.37. The molecule has 0 aliphatic carbocycles. The molecule has 1 saturated heterocycles. The Morgan fingerprint density at radius 2 is 2.00 bits per heavy atom. The first-order valence-corrected chi connectivity index (χ1v) is 8.23. The van der Waals surface area contributed by atoms with Gasteiger partial charge in [-0.3, -0.25) is 0 Å². The van der Waals surface area contributed by atoms with Gasteiger partial charge in [0.05, 0.1) is 0 Å². The molecule has 104 valence electrons. The van der Waals surface area contributed by atoms with Crippen LogP contribution in [0.4, 0.5) is 0 Å². The van der Waals surface area contributed by atoms with E-state index in [1.807, 2.05) is 0 Å². The number of piperidine rings is 1. The molecule has 1 atom stereocenters. The van der Waals surface area contributed by atoms with Gasteiger partial charge in [-0.1, -0.05) is 18.2 Å². The number of thioether (sulfide) groups is 1. The number of fused-ring (bicyclic) bond motifs is 1. The lowest BCUT2D eigenvalue weighted by Gasteiger charge is -2.36. The lowest BCUT2D eigenvalue weighted by molar-refractivity contribution is 0.145. The van der Waals surface area contributed by atoms with Crippen LogP contribution in [0.25, 0.3) is 0 Å². The van der Waals surface area contributed by atoms with Crippen molar-refractivity contribution in [1.29, 1.82) is 0 Å². The van der Waals surface area contributed by atoms with Crippen LogP contribution in [0, 0.1) is 0 Å². The number of benzene rings is 1. The van der Waals surface area contributed by atoms with Gasteiger partial charge >= 0.3 is 0 Å². The van der Waals surface area contributed by atoms with Crippen LogP contribution in [0.5, 0.6) is 0 Å². The van der Waals surface area contributed by atoms with Gasteiger partial charge in [-0.25, -0.2) is 0 Å². The molecule has 0 amide bonds. The maximum absolute atomic E-state index is 2.61. The Balaban J connectivity index is 1.53. The summed E-state index contributed by atoms with van der Waals surface area (Å²) in [6, 6.07) is 9.69. The van der Waals surface area contributed by atoms with Crippen molar-refractivity contribution in [2.24, 2.45) is 0 Å². The molecule has 0 spiro atoms. The monoisotopic (exact) mass is 276 g/mol. The van der Waals surface area contributed by atoms with E-state index in [-0.39, 0.29) is 0 Å². The van der Waals surface area contributed by atoms with Crippen LogP contribution in [0.3, 0.4) is 0 Å². The Kier molecular flexibility index (Phi) is 4.15. The summed E-state index contributed by atoms with van der Waals surface area (Å²) in [5.74, 6) is 0. The molecule has 1 unspecified atom stereocenters. The number of nitrogens with zero attached hydrogens (tertiary/aromatic N) is 2. The molecule has 19 heavy (non-hydrogen) atoms. The highest BCUT2D eigenvalue weighted by molar-refractivity contribution is 8.00. The van der Waals surface area contributed by atoms with E-state index in [9.17, 15) is 0 Å². The van der Waals surface area contributed by atoms with Gasteiger partial charge in [-0.15, -0.1) is 11.8 Å². The molecule has 1 aromatic rings. The van der Waals surface area contributed by atoms with E-state index in [1.165, 1.54) is 43.8 Å². The molecule has 1 aromatic carbocycles. The van der Waals surface area contributed by atoms with Crippen molar-refractivity contribution < 1.29 is 0 Å². The topological polar surface area (TPSA) is 6.48 Å². The lowest BCUT2D eigenvalue weighted by atomic mass is 10.0. The standard InChI is InChI=1S/C16H24N2S/c1-17-9-7-14(8-10-17)18(2)12-15-11-13-5-3-4-6-16(13)19-15/h3-6,14-15H,7-12H2,1-2H3. The molecule has 2 heterocycles. The lowest BCUT2D eigenvalue weighted by Crippen LogP contribution is -2.44. The Bertz CT molecular complexity index is 402. The zero-order valence-corrected chi connectivity index (χ0v) is 12.8. The van der Waals surface area contributed by atoms with Crippen molar-refractivity contribution in [1.82, 2.24) is 9.80 Å². The van der Waals surface area contributed by atoms with E-state index in [0.717, 1.165) is 11.3 Å². The summed E-state index contributed by atoms with van der Waals surface area (Å²) >= 11 is 2.08. The van der Waals surface area contributed by atoms with Gasteiger partial charge in [0.25, 0.3) is 0 Å². The fourth-order valence-corrected chi connectivity index (χ4v) is 4.65. The van der Waals surface area contributed by atoms with Gasteiger partial charge in [0.15, 0.2) is 0 Å². The van der Waals surface area contributed by atoms with Crippen molar-refractivity contribution in [3.05, 3.63) is 29.8 Å². The number of rotatable bonds is 3. The van der Waals surface area contributed by atoms with E-state index in [4.69, 9.17) is 0 Å². The summed E-state index contributed by atoms with van der Waals surface area (Å²) in [4.78, 5) is 6.56. The van der Waals surface area contributed by atoms with Crippen LogP contribution < -0.4 is 0 Å². The molecule has 3 heteroatoms. The van der Waals surface area contributed by atoms with E-state index < -0.39 is 0 Å². The summed E-state index contributed by atoms with van der Waals surface area (Å²) in [6.07, 6.45) is 3.91. The first-order valence-electron chi connectivity index (χ1n) is 7.36. The molecule has 0 radical (unpaired) electrons. The zero-order chi connectivity index (χ0) is 13.2. The second-order valence-electron chi connectivity index (χ2n) is 6.03. The van der Waals surface area contributed by atoms with Gasteiger partial charge in [-0.2, -0.15) is 0 Å². The van der Waals surface area contributed by atoms with E-state index >= 15 is 0 Å². The molecular weight excluding hydrogens is 252 g/mol. The smallest absolute Gasteiger partial charge is 0.0263 e. The van der Waals surface area contributed by atoms with Gasteiger partial charge in [0.1, 0.15) is 0 Å². The number of likely N-dealkylation sites (tertiary alicyclic amines) is 1. The molecule has 2 aliphatic rings. The molecule has 1 fully saturated rings. The largest absolute Gasteiger partial charge is 0.306 e. The van der Waals surface area contributed by atoms with E-state index in [1.54, 1.807) is 5.56 Å². The van der Waals surface area contributed by atoms with Crippen molar-refractivity contribution in [2.75, 3.05) is 33.7 Å². The normalized spacial score (nSPS) is 24.9. The summed E-state index contributed by atoms with van der Waals surface area (Å²) in [7, 11) is 4.55. The summed E-state index contributed by atoms with van der Waals surface area (Å²) in [5, 5.41) is 0.752. The third kappa shape index (κ3) is 3.15. The van der Waals surface area contributed by atoms with Crippen LogP contribution in [-0.4, -0.2) is 54.8 Å². The van der Waals surface area contributed by atoms with Gasteiger partial charge in [0, 0.05) is 22.7 Å². The quantitative estimate of drug-likeness (QED) is 0.838. The van der Waals surface area contributed by atoms with Crippen LogP contribution in [0.1, 0.15) is 18.4 Å². The molecular formula is C16H24N2S. The molecule has 3 rings (SSSR count). The Labute approximate surface area is 121 Å². The van der Waals surface area contributed by atoms with Crippen molar-refractivity contribution in [3.63, 3.8) is 0 Å². The second-order valence-corrected chi connectivity index (χ2v) is 7.37. The third-order valence-corrected chi connectivity index (χ3v) is 5.82. The molecule has 2 nitrogen and oxygen atoms in total. The van der Waals surface area contributed by atoms with Gasteiger partial charge < -0.3 is 9.80 Å². The van der Waals surface area contributed by atoms with Gasteiger partial charge in [0.2, 0.25) is 0 Å². The fraction of sp³-hybridized carbons (Fsp3) is 0.625. The first kappa shape index (κ1) is 13.5. The average Bonchev–Trinajstić information content (AvgIpc) is 2.81. The molecule has 0 bridgehead atoms. The zero-order valence-electron chi connectivity index (χ0n) is 12.0. The van der Waals surface area contributed by atoms with E-state index in [0.29, 0.717) is 0 Å². The van der Waals surface area contributed by atoms with E-state index in [2.05, 4.69) is 59.9 Å². The number of hydrogen-bond donors (Lipinski definition) is 0. The molecule has 0 N–H and O–H groups in total. The van der Waals surface area contributed by atoms with Gasteiger partial charge in [-0.05, 0) is 58.1 Å². The Morgan fingerprint density at radius 1 is 1.26 bits per heavy atom. The predicted molar refractivity (Wildman–Crippen MR) is 82.9 cm³/mol. The Morgan fingerprint density at radius 3 is 2.74 bits per heavy atom. The Hall–Kier alpha value is -0.510. The van der Waals surface area contributed by atoms with Crippen LogP contribution >= 0.6 is 11.8 Å². The predicted octanol–water partition coefficient (Wildman–Crippen LogP) is 2.73. The average molecular weight is 276 g/mol. The minimum absolute atomic E-state index is 0.752. The van der Waals surface area contributed by atoms with Crippen molar-refractivity contribution in [3.8, 4) is 0 Å². The van der Waals surface area contributed by atoms with Crippen LogP contribution in [0.15, 0.2) is 29.2 Å². The minimum Gasteiger partial charge on any atom is -0.306 e. The first-order chi connectivity index (χ1) is 9.22. The van der Waals surface area contributed by atoms with Crippen LogP contribution in [0.2, 0.25) is 0 Å². The maximum atomic E-state index is 2.61. The third-order valence-electron chi connectivity index (χ3n) is 4.52. The summed E-state index contributed by atoms with van der Waals surface area (Å²) in [6.45, 7) is 3.74. The fourth-order valence-electron chi connectivity index (χ4n) is 3.26. The second kappa shape index (κ2) is 5.86. The highest BCUT2D eigenvalue weighted by Gasteiger charge is 2.26. The highest BCUT2D eigenvalue weighted by atomic mass is 32.2. The molecule has 2 aliphatic heterocycles. The van der Waals surface area contributed by atoms with Crippen molar-refractivity contribution in [2.45, 2.75) is 35.4 Å². The van der Waals surface area contributed by atoms with Crippen molar-refractivity contribution >= 4 is 11.8 Å². The summed E-state index contributed by atoms with van der Waals surface area (Å²) in [5.41, 5.74) is 1.55. The SMILES string of the molecule is CN1CCC(N(C)CC2Cc3ccccc3S2)CC1. The van der Waals surface area contributed by atoms with Crippen LogP contribution in [-0.2, 0) is 6.42 Å².